The first-order valence-electron chi connectivity index (χ1n) is 11.7. The Balaban J connectivity index is 1.72. The highest BCUT2D eigenvalue weighted by atomic mass is 16.6. The van der Waals surface area contributed by atoms with Crippen molar-refractivity contribution in [2.45, 2.75) is 19.3 Å². The zero-order chi connectivity index (χ0) is 25.4. The fourth-order valence-electron chi connectivity index (χ4n) is 2.74. The van der Waals surface area contributed by atoms with E-state index in [0.717, 1.165) is 4.90 Å². The highest BCUT2D eigenvalue weighted by Crippen LogP contribution is 2.06. The van der Waals surface area contributed by atoms with Crippen LogP contribution in [-0.2, 0) is 42.8 Å². The zero-order valence-corrected chi connectivity index (χ0v) is 20.1. The van der Waals surface area contributed by atoms with Gasteiger partial charge in [-0.25, -0.2) is 0 Å². The van der Waals surface area contributed by atoms with E-state index in [-0.39, 0.29) is 30.6 Å². The highest BCUT2D eigenvalue weighted by Gasteiger charge is 2.23. The van der Waals surface area contributed by atoms with E-state index in [2.05, 4.69) is 10.0 Å². The van der Waals surface area contributed by atoms with Crippen molar-refractivity contribution in [2.24, 2.45) is 5.11 Å². The largest absolute Gasteiger partial charge is 0.379 e. The van der Waals surface area contributed by atoms with E-state index < -0.39 is 0 Å². The molecule has 13 heteroatoms. The van der Waals surface area contributed by atoms with Gasteiger partial charge < -0.3 is 28.4 Å². The number of carbonyl (C=O) groups is 3. The summed E-state index contributed by atoms with van der Waals surface area (Å²) >= 11 is 0. The molecule has 0 saturated heterocycles. The Kier molecular flexibility index (Phi) is 19.4. The van der Waals surface area contributed by atoms with Crippen molar-refractivity contribution in [1.29, 1.82) is 0 Å². The van der Waals surface area contributed by atoms with Crippen molar-refractivity contribution in [3.8, 4) is 0 Å². The molecule has 0 N–H and O–H groups in total. The minimum atomic E-state index is -0.369. The molecule has 0 unspecified atom stereocenters. The van der Waals surface area contributed by atoms with Crippen LogP contribution in [0.4, 0.5) is 0 Å². The molecule has 198 valence electrons. The van der Waals surface area contributed by atoms with Crippen molar-refractivity contribution >= 4 is 17.6 Å². The van der Waals surface area contributed by atoms with Crippen LogP contribution >= 0.6 is 0 Å². The number of amides is 2. The van der Waals surface area contributed by atoms with Crippen LogP contribution in [0.3, 0.4) is 0 Å². The maximum atomic E-state index is 11.8. The summed E-state index contributed by atoms with van der Waals surface area (Å²) in [6.07, 6.45) is 3.52. The molecule has 0 radical (unpaired) electrons. The Morgan fingerprint density at radius 3 is 1.60 bits per heavy atom. The zero-order valence-electron chi connectivity index (χ0n) is 20.1. The summed E-state index contributed by atoms with van der Waals surface area (Å²) < 4.78 is 32.1. The van der Waals surface area contributed by atoms with Gasteiger partial charge in [0.05, 0.1) is 72.7 Å². The van der Waals surface area contributed by atoms with E-state index in [1.54, 1.807) is 0 Å². The predicted molar refractivity (Wildman–Crippen MR) is 124 cm³/mol. The molecule has 13 nitrogen and oxygen atoms in total. The molecule has 1 aliphatic heterocycles. The van der Waals surface area contributed by atoms with E-state index in [1.807, 2.05) is 0 Å². The number of nitrogens with zero attached hydrogens (tertiary/aromatic N) is 4. The molecule has 2 amide bonds. The van der Waals surface area contributed by atoms with E-state index in [0.29, 0.717) is 98.7 Å². The molecular weight excluding hydrogens is 464 g/mol. The number of carbonyl (C=O) groups excluding carboxylic acids is 3. The van der Waals surface area contributed by atoms with Gasteiger partial charge >= 0.3 is 0 Å². The monoisotopic (exact) mass is 500 g/mol. The quantitative estimate of drug-likeness (QED) is 0.0587. The molecule has 0 aromatic heterocycles. The van der Waals surface area contributed by atoms with E-state index in [9.17, 15) is 14.4 Å². The van der Waals surface area contributed by atoms with Crippen LogP contribution in [0, 0.1) is 0 Å². The third-order valence-electron chi connectivity index (χ3n) is 4.52. The SMILES string of the molecule is [N-]=[N+]=NCCOCCOCCOCCOCCOCCOCCCC(=O)CCN1C(=O)C=CC1=O. The average Bonchev–Trinajstić information content (AvgIpc) is 3.17. The lowest BCUT2D eigenvalue weighted by Gasteiger charge is -2.12. The number of hydrogen-bond acceptors (Lipinski definition) is 10. The maximum Gasteiger partial charge on any atom is 0.253 e. The topological polar surface area (TPSA) is 159 Å². The lowest BCUT2D eigenvalue weighted by Crippen LogP contribution is -2.32. The minimum absolute atomic E-state index is 0.00372. The molecular formula is C22H36N4O9. The Morgan fingerprint density at radius 2 is 1.14 bits per heavy atom. The number of azide groups is 1. The number of ketones is 1. The first kappa shape index (κ1) is 30.7. The number of Topliss-reactive ketones (excluding diaryl/α,β-unsaturated/α-hetero) is 1. The third kappa shape index (κ3) is 17.7. The van der Waals surface area contributed by atoms with Gasteiger partial charge in [0.2, 0.25) is 0 Å². The summed E-state index contributed by atoms with van der Waals surface area (Å²) in [6, 6.07) is 0. The van der Waals surface area contributed by atoms with Crippen molar-refractivity contribution in [2.75, 3.05) is 92.4 Å². The molecule has 0 spiro atoms. The van der Waals surface area contributed by atoms with Gasteiger partial charge in [0, 0.05) is 49.6 Å². The van der Waals surface area contributed by atoms with Crippen LogP contribution in [-0.4, -0.2) is 115 Å². The predicted octanol–water partition coefficient (Wildman–Crippen LogP) is 1.06. The van der Waals surface area contributed by atoms with Gasteiger partial charge in [-0.15, -0.1) is 0 Å². The molecule has 0 aromatic carbocycles. The van der Waals surface area contributed by atoms with E-state index in [4.69, 9.17) is 34.0 Å². The molecule has 35 heavy (non-hydrogen) atoms. The van der Waals surface area contributed by atoms with Crippen molar-refractivity contribution < 1.29 is 42.8 Å². The van der Waals surface area contributed by atoms with E-state index in [1.165, 1.54) is 12.2 Å². The minimum Gasteiger partial charge on any atom is -0.379 e. The van der Waals surface area contributed by atoms with Gasteiger partial charge in [0.15, 0.2) is 0 Å². The van der Waals surface area contributed by atoms with Gasteiger partial charge in [-0.3, -0.25) is 19.3 Å². The molecule has 0 aliphatic carbocycles. The fraction of sp³-hybridized carbons (Fsp3) is 0.773. The van der Waals surface area contributed by atoms with Gasteiger partial charge in [-0.2, -0.15) is 0 Å². The van der Waals surface area contributed by atoms with Gasteiger partial charge in [-0.05, 0) is 12.0 Å². The van der Waals surface area contributed by atoms with Crippen molar-refractivity contribution in [3.63, 3.8) is 0 Å². The molecule has 1 aliphatic rings. The second-order valence-corrected chi connectivity index (χ2v) is 7.18. The summed E-state index contributed by atoms with van der Waals surface area (Å²) in [5.74, 6) is -0.742. The lowest BCUT2D eigenvalue weighted by atomic mass is 10.1. The molecule has 0 saturated carbocycles. The van der Waals surface area contributed by atoms with Crippen LogP contribution in [0.5, 0.6) is 0 Å². The van der Waals surface area contributed by atoms with Gasteiger partial charge in [-0.1, -0.05) is 5.11 Å². The van der Waals surface area contributed by atoms with Crippen LogP contribution in [0.15, 0.2) is 17.3 Å². The molecule has 1 heterocycles. The molecule has 1 rings (SSSR count). The van der Waals surface area contributed by atoms with Crippen molar-refractivity contribution in [3.05, 3.63) is 22.6 Å². The van der Waals surface area contributed by atoms with Crippen LogP contribution in [0.2, 0.25) is 0 Å². The van der Waals surface area contributed by atoms with E-state index >= 15 is 0 Å². The summed E-state index contributed by atoms with van der Waals surface area (Å²) in [4.78, 5) is 38.3. The van der Waals surface area contributed by atoms with Gasteiger partial charge in [0.1, 0.15) is 5.78 Å². The number of ether oxygens (including phenoxy) is 6. The number of rotatable bonds is 25. The fourth-order valence-corrected chi connectivity index (χ4v) is 2.74. The molecule has 0 fully saturated rings. The Hall–Kier alpha value is -2.38. The highest BCUT2D eigenvalue weighted by molar-refractivity contribution is 6.13. The second kappa shape index (κ2) is 22.1. The van der Waals surface area contributed by atoms with Gasteiger partial charge in [0.25, 0.3) is 11.8 Å². The van der Waals surface area contributed by atoms with Crippen LogP contribution in [0.1, 0.15) is 19.3 Å². The Bertz CT molecular complexity index is 666. The normalized spacial score (nSPS) is 13.0. The Labute approximate surface area is 205 Å². The summed E-state index contributed by atoms with van der Waals surface area (Å²) in [6.45, 7) is 5.82. The van der Waals surface area contributed by atoms with Crippen LogP contribution in [0.25, 0.3) is 10.4 Å². The summed E-state index contributed by atoms with van der Waals surface area (Å²) in [7, 11) is 0. The molecule has 0 bridgehead atoms. The summed E-state index contributed by atoms with van der Waals surface area (Å²) in [5.41, 5.74) is 8.10. The van der Waals surface area contributed by atoms with Crippen LogP contribution < -0.4 is 0 Å². The second-order valence-electron chi connectivity index (χ2n) is 7.18. The standard InChI is InChI=1S/C22H36N4O9/c23-25-24-6-9-31-11-13-33-15-17-35-19-18-34-16-14-32-12-10-30-8-1-2-20(27)5-7-26-21(28)3-4-22(26)29/h3-4H,1-2,5-19H2. The molecule has 0 atom stereocenters. The lowest BCUT2D eigenvalue weighted by molar-refractivity contribution is -0.137. The smallest absolute Gasteiger partial charge is 0.253 e. The van der Waals surface area contributed by atoms with Crippen molar-refractivity contribution in [1.82, 2.24) is 4.90 Å². The first-order valence-corrected chi connectivity index (χ1v) is 11.7. The Morgan fingerprint density at radius 1 is 0.714 bits per heavy atom. The average molecular weight is 501 g/mol. The third-order valence-corrected chi connectivity index (χ3v) is 4.52. The maximum absolute atomic E-state index is 11.8. The molecule has 0 aromatic rings. The summed E-state index contributed by atoms with van der Waals surface area (Å²) in [5, 5.41) is 3.35. The number of hydrogen-bond donors (Lipinski definition) is 0. The number of imide groups is 1. The first-order chi connectivity index (χ1) is 17.1.